The van der Waals surface area contributed by atoms with Gasteiger partial charge in [-0.05, 0) is 42.0 Å². The second-order valence-corrected chi connectivity index (χ2v) is 5.19. The van der Waals surface area contributed by atoms with Crippen molar-refractivity contribution < 1.29 is 4.39 Å². The molecule has 2 rings (SSSR count). The van der Waals surface area contributed by atoms with Crippen molar-refractivity contribution in [2.45, 2.75) is 12.8 Å². The first-order chi connectivity index (χ1) is 8.78. The largest absolute Gasteiger partial charge is 0.207 e. The van der Waals surface area contributed by atoms with Crippen LogP contribution in [0.15, 0.2) is 54.6 Å². The van der Waals surface area contributed by atoms with E-state index in [9.17, 15) is 4.39 Å². The van der Waals surface area contributed by atoms with Gasteiger partial charge in [-0.25, -0.2) is 4.39 Å². The van der Waals surface area contributed by atoms with Crippen molar-refractivity contribution in [2.75, 3.05) is 5.33 Å². The van der Waals surface area contributed by atoms with E-state index in [2.05, 4.69) is 40.2 Å². The van der Waals surface area contributed by atoms with Gasteiger partial charge in [0.15, 0.2) is 0 Å². The number of alkyl halides is 1. The third kappa shape index (κ3) is 3.95. The van der Waals surface area contributed by atoms with Crippen molar-refractivity contribution in [2.24, 2.45) is 5.92 Å². The van der Waals surface area contributed by atoms with E-state index in [0.29, 0.717) is 5.92 Å². The lowest BCUT2D eigenvalue weighted by molar-refractivity contribution is 0.587. The molecule has 0 nitrogen and oxygen atoms in total. The summed E-state index contributed by atoms with van der Waals surface area (Å²) in [5.41, 5.74) is 2.54. The van der Waals surface area contributed by atoms with Crippen LogP contribution >= 0.6 is 15.9 Å². The van der Waals surface area contributed by atoms with Gasteiger partial charge in [-0.3, -0.25) is 0 Å². The predicted molar refractivity (Wildman–Crippen MR) is 77.5 cm³/mol. The van der Waals surface area contributed by atoms with Crippen LogP contribution in [0, 0.1) is 11.7 Å². The molecule has 0 saturated heterocycles. The highest BCUT2D eigenvalue weighted by Gasteiger charge is 2.09. The van der Waals surface area contributed by atoms with Crippen molar-refractivity contribution >= 4 is 15.9 Å². The Labute approximate surface area is 116 Å². The molecule has 18 heavy (non-hydrogen) atoms. The van der Waals surface area contributed by atoms with Gasteiger partial charge in [-0.2, -0.15) is 0 Å². The molecule has 94 valence electrons. The Bertz CT molecular complexity index is 464. The number of rotatable bonds is 5. The Morgan fingerprint density at radius 3 is 1.94 bits per heavy atom. The molecule has 1 atom stereocenters. The van der Waals surface area contributed by atoms with Gasteiger partial charge in [0.05, 0.1) is 0 Å². The van der Waals surface area contributed by atoms with E-state index in [4.69, 9.17) is 0 Å². The lowest BCUT2D eigenvalue weighted by Crippen LogP contribution is -2.09. The second kappa shape index (κ2) is 6.69. The van der Waals surface area contributed by atoms with Crippen LogP contribution in [0.3, 0.4) is 0 Å². The zero-order chi connectivity index (χ0) is 12.8. The lowest BCUT2D eigenvalue weighted by atomic mass is 9.94. The summed E-state index contributed by atoms with van der Waals surface area (Å²) in [4.78, 5) is 0. The zero-order valence-electron chi connectivity index (χ0n) is 10.2. The number of hydrogen-bond acceptors (Lipinski definition) is 0. The standard InChI is InChI=1S/C16H16BrF/c17-12-15(10-13-4-2-1-3-5-13)11-14-6-8-16(18)9-7-14/h1-9,15H,10-12H2. The minimum Gasteiger partial charge on any atom is -0.207 e. The minimum atomic E-state index is -0.169. The normalized spacial score (nSPS) is 12.3. The third-order valence-corrected chi connectivity index (χ3v) is 3.94. The molecule has 0 aliphatic heterocycles. The minimum absolute atomic E-state index is 0.169. The van der Waals surface area contributed by atoms with E-state index in [1.165, 1.54) is 23.3 Å². The van der Waals surface area contributed by atoms with Crippen LogP contribution in [0.4, 0.5) is 4.39 Å². The van der Waals surface area contributed by atoms with Crippen LogP contribution in [-0.2, 0) is 12.8 Å². The molecule has 0 spiro atoms. The fourth-order valence-electron chi connectivity index (χ4n) is 2.08. The molecule has 2 aromatic carbocycles. The molecule has 0 aromatic heterocycles. The Kier molecular flexibility index (Phi) is 4.94. The molecule has 0 bridgehead atoms. The summed E-state index contributed by atoms with van der Waals surface area (Å²) in [6.45, 7) is 0. The summed E-state index contributed by atoms with van der Waals surface area (Å²) in [5, 5.41) is 0.958. The average Bonchev–Trinajstić information content (AvgIpc) is 2.41. The quantitative estimate of drug-likeness (QED) is 0.707. The van der Waals surface area contributed by atoms with Crippen LogP contribution in [0.25, 0.3) is 0 Å². The molecular weight excluding hydrogens is 291 g/mol. The third-order valence-electron chi connectivity index (χ3n) is 3.02. The maximum atomic E-state index is 12.8. The monoisotopic (exact) mass is 306 g/mol. The van der Waals surface area contributed by atoms with Crippen LogP contribution in [-0.4, -0.2) is 5.33 Å². The maximum Gasteiger partial charge on any atom is 0.123 e. The van der Waals surface area contributed by atoms with Crippen molar-refractivity contribution in [1.29, 1.82) is 0 Å². The molecule has 0 aliphatic carbocycles. The van der Waals surface area contributed by atoms with Crippen molar-refractivity contribution in [3.8, 4) is 0 Å². The SMILES string of the molecule is Fc1ccc(CC(CBr)Cc2ccccc2)cc1. The van der Waals surface area contributed by atoms with Crippen LogP contribution in [0.5, 0.6) is 0 Å². The summed E-state index contributed by atoms with van der Waals surface area (Å²) >= 11 is 3.57. The second-order valence-electron chi connectivity index (χ2n) is 4.54. The number of hydrogen-bond donors (Lipinski definition) is 0. The molecule has 0 fully saturated rings. The summed E-state index contributed by atoms with van der Waals surface area (Å²) in [7, 11) is 0. The molecule has 1 unspecified atom stereocenters. The summed E-state index contributed by atoms with van der Waals surface area (Å²) < 4.78 is 12.8. The van der Waals surface area contributed by atoms with Gasteiger partial charge in [0.25, 0.3) is 0 Å². The number of benzene rings is 2. The molecule has 2 heteroatoms. The van der Waals surface area contributed by atoms with Gasteiger partial charge in [-0.15, -0.1) is 0 Å². The summed E-state index contributed by atoms with van der Waals surface area (Å²) in [5.74, 6) is 0.370. The van der Waals surface area contributed by atoms with Gasteiger partial charge in [-0.1, -0.05) is 58.4 Å². The summed E-state index contributed by atoms with van der Waals surface area (Å²) in [6, 6.07) is 17.3. The van der Waals surface area contributed by atoms with Gasteiger partial charge in [0.2, 0.25) is 0 Å². The topological polar surface area (TPSA) is 0 Å². The highest BCUT2D eigenvalue weighted by molar-refractivity contribution is 9.09. The van der Waals surface area contributed by atoms with E-state index in [1.807, 2.05) is 18.2 Å². The van der Waals surface area contributed by atoms with Crippen LogP contribution < -0.4 is 0 Å². The molecule has 0 heterocycles. The van der Waals surface area contributed by atoms with E-state index in [1.54, 1.807) is 0 Å². The fourth-order valence-corrected chi connectivity index (χ4v) is 2.54. The average molecular weight is 307 g/mol. The van der Waals surface area contributed by atoms with Crippen molar-refractivity contribution in [3.05, 3.63) is 71.5 Å². The van der Waals surface area contributed by atoms with Gasteiger partial charge >= 0.3 is 0 Å². The van der Waals surface area contributed by atoms with E-state index < -0.39 is 0 Å². The van der Waals surface area contributed by atoms with Crippen LogP contribution in [0.1, 0.15) is 11.1 Å². The molecular formula is C16H16BrF. The molecule has 0 N–H and O–H groups in total. The molecule has 0 radical (unpaired) electrons. The van der Waals surface area contributed by atoms with Gasteiger partial charge in [0, 0.05) is 5.33 Å². The predicted octanol–water partition coefficient (Wildman–Crippen LogP) is 4.62. The van der Waals surface area contributed by atoms with Crippen molar-refractivity contribution in [3.63, 3.8) is 0 Å². The van der Waals surface area contributed by atoms with E-state index >= 15 is 0 Å². The van der Waals surface area contributed by atoms with E-state index in [0.717, 1.165) is 18.2 Å². The first-order valence-corrected chi connectivity index (χ1v) is 7.24. The number of halogens is 2. The van der Waals surface area contributed by atoms with Gasteiger partial charge < -0.3 is 0 Å². The Hall–Kier alpha value is -1.15. The first-order valence-electron chi connectivity index (χ1n) is 6.12. The Balaban J connectivity index is 1.99. The summed E-state index contributed by atoms with van der Waals surface area (Å²) in [6.07, 6.45) is 2.02. The molecule has 0 aliphatic rings. The fraction of sp³-hybridized carbons (Fsp3) is 0.250. The highest BCUT2D eigenvalue weighted by atomic mass is 79.9. The maximum absolute atomic E-state index is 12.8. The van der Waals surface area contributed by atoms with Crippen LogP contribution in [0.2, 0.25) is 0 Å². The first kappa shape index (κ1) is 13.3. The Morgan fingerprint density at radius 1 is 0.833 bits per heavy atom. The van der Waals surface area contributed by atoms with E-state index in [-0.39, 0.29) is 5.82 Å². The molecule has 0 amide bonds. The smallest absolute Gasteiger partial charge is 0.123 e. The van der Waals surface area contributed by atoms with Crippen molar-refractivity contribution in [1.82, 2.24) is 0 Å². The lowest BCUT2D eigenvalue weighted by Gasteiger charge is -2.14. The molecule has 0 saturated carbocycles. The van der Waals surface area contributed by atoms with Gasteiger partial charge in [0.1, 0.15) is 5.82 Å². The Morgan fingerprint density at radius 2 is 1.39 bits per heavy atom. The highest BCUT2D eigenvalue weighted by Crippen LogP contribution is 2.17. The molecule has 2 aromatic rings. The zero-order valence-corrected chi connectivity index (χ0v) is 11.7.